The summed E-state index contributed by atoms with van der Waals surface area (Å²) in [5, 5.41) is 0. The van der Waals surface area contributed by atoms with Gasteiger partial charge >= 0.3 is 0 Å². The third-order valence-corrected chi connectivity index (χ3v) is 3.73. The number of fused-ring (bicyclic) bond motifs is 1. The van der Waals surface area contributed by atoms with Gasteiger partial charge in [-0.05, 0) is 18.9 Å². The van der Waals surface area contributed by atoms with Crippen molar-refractivity contribution in [2.75, 3.05) is 23.8 Å². The van der Waals surface area contributed by atoms with Crippen LogP contribution in [0.3, 0.4) is 0 Å². The number of nitrogen functional groups attached to an aromatic ring is 1. The first kappa shape index (κ1) is 21.7. The molecule has 2 aromatic rings. The van der Waals surface area contributed by atoms with E-state index in [1.807, 2.05) is 46.8 Å². The van der Waals surface area contributed by atoms with E-state index in [1.54, 1.807) is 6.20 Å². The van der Waals surface area contributed by atoms with Crippen molar-refractivity contribution in [1.82, 2.24) is 15.0 Å². The molecule has 3 heterocycles. The quantitative estimate of drug-likeness (QED) is 0.878. The molecule has 0 atom stereocenters. The Balaban J connectivity index is 0.000000791. The summed E-state index contributed by atoms with van der Waals surface area (Å²) in [6, 6.07) is 3.90. The van der Waals surface area contributed by atoms with Gasteiger partial charge in [-0.2, -0.15) is 0 Å². The van der Waals surface area contributed by atoms with Gasteiger partial charge in [0.1, 0.15) is 18.2 Å². The first-order valence-corrected chi connectivity index (χ1v) is 9.52. The van der Waals surface area contributed by atoms with Crippen LogP contribution in [0.1, 0.15) is 64.5 Å². The summed E-state index contributed by atoms with van der Waals surface area (Å²) in [4.78, 5) is 15.5. The fourth-order valence-electron chi connectivity index (χ4n) is 2.62. The van der Waals surface area contributed by atoms with Gasteiger partial charge in [0, 0.05) is 18.3 Å². The lowest BCUT2D eigenvalue weighted by Gasteiger charge is -2.32. The van der Waals surface area contributed by atoms with Gasteiger partial charge in [0.15, 0.2) is 11.6 Å². The van der Waals surface area contributed by atoms with Crippen LogP contribution in [0.15, 0.2) is 18.3 Å². The zero-order valence-corrected chi connectivity index (χ0v) is 17.2. The molecule has 2 N–H and O–H groups in total. The molecule has 3 rings (SSSR count). The smallest absolute Gasteiger partial charge is 0.183 e. The molecule has 0 aromatic carbocycles. The standard InChI is InChI=1S/C16H21N5O.2C2H6/c1-10(2)13-14-16(20-11(3)19-13)21(7-8-22-14)9-12-5-4-6-18-15(12)17;2*1-2/h4-6,10H,7-9H2,1-3H3,(H2,17,18);2*1-2H3. The van der Waals surface area contributed by atoms with E-state index in [-0.39, 0.29) is 0 Å². The highest BCUT2D eigenvalue weighted by Crippen LogP contribution is 2.36. The maximum atomic E-state index is 5.96. The highest BCUT2D eigenvalue weighted by Gasteiger charge is 2.26. The van der Waals surface area contributed by atoms with Crippen LogP contribution in [0.25, 0.3) is 0 Å². The van der Waals surface area contributed by atoms with Gasteiger partial charge in [0.2, 0.25) is 0 Å². The number of pyridine rings is 1. The molecule has 144 valence electrons. The number of rotatable bonds is 3. The topological polar surface area (TPSA) is 77.2 Å². The van der Waals surface area contributed by atoms with E-state index >= 15 is 0 Å². The second-order valence-electron chi connectivity index (χ2n) is 5.78. The lowest BCUT2D eigenvalue weighted by Crippen LogP contribution is -2.34. The van der Waals surface area contributed by atoms with Crippen molar-refractivity contribution in [3.05, 3.63) is 35.4 Å². The lowest BCUT2D eigenvalue weighted by atomic mass is 10.1. The average molecular weight is 360 g/mol. The predicted molar refractivity (Wildman–Crippen MR) is 109 cm³/mol. The molecule has 1 aliphatic rings. The number of aryl methyl sites for hydroxylation is 1. The first-order valence-electron chi connectivity index (χ1n) is 9.52. The second kappa shape index (κ2) is 10.6. The first-order chi connectivity index (χ1) is 12.6. The van der Waals surface area contributed by atoms with Crippen molar-refractivity contribution in [1.29, 1.82) is 0 Å². The molecule has 26 heavy (non-hydrogen) atoms. The van der Waals surface area contributed by atoms with Crippen molar-refractivity contribution >= 4 is 11.6 Å². The van der Waals surface area contributed by atoms with Gasteiger partial charge in [-0.1, -0.05) is 47.6 Å². The molecule has 0 saturated heterocycles. The number of nitrogens with two attached hydrogens (primary N) is 1. The van der Waals surface area contributed by atoms with Crippen LogP contribution in [-0.4, -0.2) is 28.1 Å². The van der Waals surface area contributed by atoms with Gasteiger partial charge in [0.05, 0.1) is 12.2 Å². The molecule has 0 bridgehead atoms. The largest absolute Gasteiger partial charge is 0.486 e. The van der Waals surface area contributed by atoms with E-state index in [0.29, 0.717) is 24.9 Å². The molecule has 0 aliphatic carbocycles. The number of hydrogen-bond donors (Lipinski definition) is 1. The third kappa shape index (κ3) is 5.07. The number of nitrogens with zero attached hydrogens (tertiary/aromatic N) is 4. The molecule has 0 amide bonds. The minimum atomic E-state index is 0.291. The Morgan fingerprint density at radius 1 is 1.19 bits per heavy atom. The minimum Gasteiger partial charge on any atom is -0.486 e. The van der Waals surface area contributed by atoms with E-state index in [0.717, 1.165) is 35.2 Å². The van der Waals surface area contributed by atoms with Gasteiger partial charge in [-0.3, -0.25) is 0 Å². The van der Waals surface area contributed by atoms with Crippen molar-refractivity contribution in [3.8, 4) is 5.75 Å². The summed E-state index contributed by atoms with van der Waals surface area (Å²) in [5.74, 6) is 3.27. The van der Waals surface area contributed by atoms with Gasteiger partial charge in [-0.25, -0.2) is 15.0 Å². The molecule has 0 unspecified atom stereocenters. The molecule has 6 heteroatoms. The zero-order chi connectivity index (χ0) is 19.7. The minimum absolute atomic E-state index is 0.291. The molecular weight excluding hydrogens is 326 g/mol. The monoisotopic (exact) mass is 359 g/mol. The van der Waals surface area contributed by atoms with Gasteiger partial charge < -0.3 is 15.4 Å². The van der Waals surface area contributed by atoms with E-state index in [9.17, 15) is 0 Å². The molecule has 2 aromatic heterocycles. The third-order valence-electron chi connectivity index (χ3n) is 3.73. The number of anilines is 2. The average Bonchev–Trinajstić information content (AvgIpc) is 2.66. The van der Waals surface area contributed by atoms with E-state index in [4.69, 9.17) is 10.5 Å². The van der Waals surface area contributed by atoms with Crippen molar-refractivity contribution in [3.63, 3.8) is 0 Å². The predicted octanol–water partition coefficient (Wildman–Crippen LogP) is 4.34. The normalized spacial score (nSPS) is 12.2. The van der Waals surface area contributed by atoms with Crippen LogP contribution in [0.4, 0.5) is 11.6 Å². The molecule has 1 aliphatic heterocycles. The molecule has 6 nitrogen and oxygen atoms in total. The Morgan fingerprint density at radius 2 is 1.88 bits per heavy atom. The molecular formula is C20H33N5O. The summed E-state index contributed by atoms with van der Waals surface area (Å²) in [6.45, 7) is 16.2. The second-order valence-corrected chi connectivity index (χ2v) is 5.78. The van der Waals surface area contributed by atoms with Crippen LogP contribution >= 0.6 is 0 Å². The van der Waals surface area contributed by atoms with Crippen molar-refractivity contribution in [2.45, 2.75) is 60.9 Å². The Hall–Kier alpha value is -2.37. The maximum absolute atomic E-state index is 5.96. The molecule has 0 saturated carbocycles. The fraction of sp³-hybridized carbons (Fsp3) is 0.550. The Morgan fingerprint density at radius 3 is 2.50 bits per heavy atom. The van der Waals surface area contributed by atoms with E-state index < -0.39 is 0 Å². The Labute approximate surface area is 157 Å². The summed E-state index contributed by atoms with van der Waals surface area (Å²) < 4.78 is 5.86. The van der Waals surface area contributed by atoms with Crippen molar-refractivity contribution < 1.29 is 4.74 Å². The van der Waals surface area contributed by atoms with Crippen LogP contribution in [0.5, 0.6) is 5.75 Å². The summed E-state index contributed by atoms with van der Waals surface area (Å²) in [5.41, 5.74) is 7.93. The van der Waals surface area contributed by atoms with Crippen molar-refractivity contribution in [2.24, 2.45) is 0 Å². The van der Waals surface area contributed by atoms with Crippen LogP contribution in [0, 0.1) is 6.92 Å². The van der Waals surface area contributed by atoms with Crippen LogP contribution in [0.2, 0.25) is 0 Å². The molecule has 0 spiro atoms. The lowest BCUT2D eigenvalue weighted by molar-refractivity contribution is 0.297. The summed E-state index contributed by atoms with van der Waals surface area (Å²) in [6.07, 6.45) is 1.70. The summed E-state index contributed by atoms with van der Waals surface area (Å²) in [7, 11) is 0. The van der Waals surface area contributed by atoms with Crippen LogP contribution < -0.4 is 15.4 Å². The van der Waals surface area contributed by atoms with Gasteiger partial charge in [-0.15, -0.1) is 0 Å². The Kier molecular flexibility index (Phi) is 8.82. The molecule has 0 radical (unpaired) electrons. The highest BCUT2D eigenvalue weighted by atomic mass is 16.5. The molecule has 0 fully saturated rings. The van der Waals surface area contributed by atoms with E-state index in [1.165, 1.54) is 0 Å². The summed E-state index contributed by atoms with van der Waals surface area (Å²) >= 11 is 0. The number of hydrogen-bond acceptors (Lipinski definition) is 6. The SMILES string of the molecule is CC.CC.Cc1nc(C(C)C)c2c(n1)N(Cc1cccnc1N)CCO2. The number of ether oxygens (including phenoxy) is 1. The van der Waals surface area contributed by atoms with Gasteiger partial charge in [0.25, 0.3) is 0 Å². The van der Waals surface area contributed by atoms with Crippen LogP contribution in [-0.2, 0) is 6.54 Å². The Bertz CT molecular complexity index is 688. The number of aromatic nitrogens is 3. The zero-order valence-electron chi connectivity index (χ0n) is 17.2. The highest BCUT2D eigenvalue weighted by molar-refractivity contribution is 5.58. The maximum Gasteiger partial charge on any atom is 0.183 e. The van der Waals surface area contributed by atoms with E-state index in [2.05, 4.69) is 33.7 Å². The fourth-order valence-corrected chi connectivity index (χ4v) is 2.62.